The summed E-state index contributed by atoms with van der Waals surface area (Å²) in [5.41, 5.74) is 0.293. The van der Waals surface area contributed by atoms with E-state index in [1.54, 1.807) is 6.92 Å². The van der Waals surface area contributed by atoms with Crippen molar-refractivity contribution in [2.75, 3.05) is 13.2 Å². The number of esters is 2. The average molecular weight is 300 g/mol. The van der Waals surface area contributed by atoms with Crippen LogP contribution in [-0.2, 0) is 19.1 Å². The van der Waals surface area contributed by atoms with Crippen LogP contribution in [0.3, 0.4) is 0 Å². The van der Waals surface area contributed by atoms with Gasteiger partial charge >= 0.3 is 11.9 Å². The number of ether oxygens (including phenoxy) is 2. The quantitative estimate of drug-likeness (QED) is 0.425. The van der Waals surface area contributed by atoms with Crippen molar-refractivity contribution < 1.29 is 19.1 Å². The van der Waals surface area contributed by atoms with E-state index in [1.807, 2.05) is 0 Å². The first-order valence-electron chi connectivity index (χ1n) is 8.08. The van der Waals surface area contributed by atoms with Gasteiger partial charge in [0.15, 0.2) is 0 Å². The van der Waals surface area contributed by atoms with Crippen molar-refractivity contribution in [1.82, 2.24) is 0 Å². The van der Waals surface area contributed by atoms with Crippen molar-refractivity contribution in [3.05, 3.63) is 0 Å². The second kappa shape index (κ2) is 10.6. The Morgan fingerprint density at radius 2 is 1.57 bits per heavy atom. The zero-order chi connectivity index (χ0) is 16.3. The van der Waals surface area contributed by atoms with E-state index < -0.39 is 0 Å². The summed E-state index contributed by atoms with van der Waals surface area (Å²) in [5.74, 6) is 0.0669. The third-order valence-electron chi connectivity index (χ3n) is 3.50. The van der Waals surface area contributed by atoms with Crippen LogP contribution in [0.1, 0.15) is 73.1 Å². The number of hydrogen-bond acceptors (Lipinski definition) is 4. The Bertz CT molecular complexity index is 308. The van der Waals surface area contributed by atoms with Crippen LogP contribution in [0.4, 0.5) is 0 Å². The Labute approximate surface area is 129 Å². The van der Waals surface area contributed by atoms with Crippen LogP contribution in [0, 0.1) is 11.3 Å². The minimum Gasteiger partial charge on any atom is -0.466 e. The van der Waals surface area contributed by atoms with Crippen molar-refractivity contribution in [2.24, 2.45) is 11.3 Å². The summed E-state index contributed by atoms with van der Waals surface area (Å²) in [6, 6.07) is 0. The van der Waals surface area contributed by atoms with Gasteiger partial charge in [0.05, 0.1) is 26.1 Å². The number of hydrogen-bond donors (Lipinski definition) is 0. The summed E-state index contributed by atoms with van der Waals surface area (Å²) in [7, 11) is 0. The highest BCUT2D eigenvalue weighted by Gasteiger charge is 2.18. The standard InChI is InChI=1S/C17H32O4/c1-6-20-15(18)8-9-16(19)21-13-7-11-17(4,5)12-10-14(2)3/h14H,6-13H2,1-5H3. The maximum absolute atomic E-state index is 11.5. The SMILES string of the molecule is CCOC(=O)CCC(=O)OCCCC(C)(C)CCC(C)C. The van der Waals surface area contributed by atoms with Crippen LogP contribution >= 0.6 is 0 Å². The Balaban J connectivity index is 3.69. The summed E-state index contributed by atoms with van der Waals surface area (Å²) < 4.78 is 9.91. The second-order valence-electron chi connectivity index (χ2n) is 6.73. The molecule has 0 N–H and O–H groups in total. The molecule has 0 radical (unpaired) electrons. The fraction of sp³-hybridized carbons (Fsp3) is 0.882. The Morgan fingerprint density at radius 3 is 2.10 bits per heavy atom. The van der Waals surface area contributed by atoms with Crippen LogP contribution in [0.2, 0.25) is 0 Å². The van der Waals surface area contributed by atoms with Crippen LogP contribution in [0.25, 0.3) is 0 Å². The van der Waals surface area contributed by atoms with Gasteiger partial charge < -0.3 is 9.47 Å². The highest BCUT2D eigenvalue weighted by atomic mass is 16.5. The van der Waals surface area contributed by atoms with Gasteiger partial charge in [-0.15, -0.1) is 0 Å². The van der Waals surface area contributed by atoms with Gasteiger partial charge in [0.1, 0.15) is 0 Å². The molecule has 4 nitrogen and oxygen atoms in total. The molecule has 0 fully saturated rings. The molecule has 4 heteroatoms. The maximum Gasteiger partial charge on any atom is 0.306 e. The largest absolute Gasteiger partial charge is 0.466 e. The van der Waals surface area contributed by atoms with Crippen molar-refractivity contribution in [2.45, 2.75) is 73.1 Å². The van der Waals surface area contributed by atoms with Gasteiger partial charge in [-0.3, -0.25) is 9.59 Å². The van der Waals surface area contributed by atoms with Crippen LogP contribution in [0.15, 0.2) is 0 Å². The lowest BCUT2D eigenvalue weighted by Crippen LogP contribution is -2.15. The van der Waals surface area contributed by atoms with Crippen molar-refractivity contribution in [3.8, 4) is 0 Å². The third-order valence-corrected chi connectivity index (χ3v) is 3.50. The Morgan fingerprint density at radius 1 is 1.00 bits per heavy atom. The summed E-state index contributed by atoms with van der Waals surface area (Å²) in [5, 5.41) is 0. The first-order chi connectivity index (χ1) is 9.76. The monoisotopic (exact) mass is 300 g/mol. The maximum atomic E-state index is 11.5. The normalized spacial score (nSPS) is 11.5. The first kappa shape index (κ1) is 19.9. The molecule has 0 saturated carbocycles. The third kappa shape index (κ3) is 12.4. The van der Waals surface area contributed by atoms with Crippen molar-refractivity contribution in [1.29, 1.82) is 0 Å². The molecule has 0 aliphatic heterocycles. The van der Waals surface area contributed by atoms with E-state index >= 15 is 0 Å². The Kier molecular flexibility index (Phi) is 10.1. The van der Waals surface area contributed by atoms with Crippen LogP contribution in [-0.4, -0.2) is 25.2 Å². The van der Waals surface area contributed by atoms with Crippen molar-refractivity contribution >= 4 is 11.9 Å². The van der Waals surface area contributed by atoms with E-state index in [4.69, 9.17) is 9.47 Å². The van der Waals surface area contributed by atoms with Crippen LogP contribution in [0.5, 0.6) is 0 Å². The molecule has 0 aliphatic carbocycles. The van der Waals surface area contributed by atoms with Gasteiger partial charge in [0.2, 0.25) is 0 Å². The van der Waals surface area contributed by atoms with Gasteiger partial charge in [-0.2, -0.15) is 0 Å². The molecule has 0 aliphatic rings. The molecule has 0 heterocycles. The van der Waals surface area contributed by atoms with Gasteiger partial charge in [-0.25, -0.2) is 0 Å². The predicted molar refractivity (Wildman–Crippen MR) is 83.9 cm³/mol. The molecule has 0 aromatic heterocycles. The molecular formula is C17H32O4. The minimum atomic E-state index is -0.343. The minimum absolute atomic E-state index is 0.104. The van der Waals surface area contributed by atoms with E-state index in [0.717, 1.165) is 18.8 Å². The summed E-state index contributed by atoms with van der Waals surface area (Å²) in [6.45, 7) is 11.5. The fourth-order valence-electron chi connectivity index (χ4n) is 2.05. The molecule has 21 heavy (non-hydrogen) atoms. The molecule has 0 saturated heterocycles. The van der Waals surface area contributed by atoms with Crippen LogP contribution < -0.4 is 0 Å². The van der Waals surface area contributed by atoms with Gasteiger partial charge in [-0.1, -0.05) is 34.1 Å². The molecule has 0 unspecified atom stereocenters. The van der Waals surface area contributed by atoms with Gasteiger partial charge in [0.25, 0.3) is 0 Å². The van der Waals surface area contributed by atoms with E-state index in [1.165, 1.54) is 12.8 Å². The predicted octanol–water partition coefficient (Wildman–Crippen LogP) is 4.12. The van der Waals surface area contributed by atoms with Crippen molar-refractivity contribution in [3.63, 3.8) is 0 Å². The van der Waals surface area contributed by atoms with E-state index in [-0.39, 0.29) is 24.8 Å². The molecule has 0 spiro atoms. The van der Waals surface area contributed by atoms with Gasteiger partial charge in [-0.05, 0) is 37.5 Å². The second-order valence-corrected chi connectivity index (χ2v) is 6.73. The Hall–Kier alpha value is -1.06. The number of rotatable bonds is 11. The lowest BCUT2D eigenvalue weighted by Gasteiger charge is -2.25. The van der Waals surface area contributed by atoms with E-state index in [9.17, 15) is 9.59 Å². The first-order valence-corrected chi connectivity index (χ1v) is 8.08. The molecule has 0 atom stereocenters. The molecule has 0 rings (SSSR count). The topological polar surface area (TPSA) is 52.6 Å². The van der Waals surface area contributed by atoms with E-state index in [0.29, 0.717) is 18.6 Å². The highest BCUT2D eigenvalue weighted by molar-refractivity contribution is 5.77. The lowest BCUT2D eigenvalue weighted by molar-refractivity contribution is -0.150. The molecule has 0 aromatic rings. The summed E-state index contributed by atoms with van der Waals surface area (Å²) in [4.78, 5) is 22.6. The smallest absolute Gasteiger partial charge is 0.306 e. The number of carbonyl (C=O) groups excluding carboxylic acids is 2. The molecule has 0 bridgehead atoms. The molecule has 0 aromatic carbocycles. The lowest BCUT2D eigenvalue weighted by atomic mass is 9.81. The average Bonchev–Trinajstić information content (AvgIpc) is 2.40. The molecule has 0 amide bonds. The fourth-order valence-corrected chi connectivity index (χ4v) is 2.05. The highest BCUT2D eigenvalue weighted by Crippen LogP contribution is 2.29. The number of carbonyl (C=O) groups is 2. The molecular weight excluding hydrogens is 268 g/mol. The summed E-state index contributed by atoms with van der Waals surface area (Å²) in [6.07, 6.45) is 4.55. The van der Waals surface area contributed by atoms with E-state index in [2.05, 4.69) is 27.7 Å². The summed E-state index contributed by atoms with van der Waals surface area (Å²) >= 11 is 0. The zero-order valence-electron chi connectivity index (χ0n) is 14.4. The van der Waals surface area contributed by atoms with Gasteiger partial charge in [0, 0.05) is 0 Å². The zero-order valence-corrected chi connectivity index (χ0v) is 14.4. The molecule has 124 valence electrons.